The number of aliphatic hydroxyl groups excluding tert-OH is 1. The Morgan fingerprint density at radius 2 is 1.77 bits per heavy atom. The van der Waals surface area contributed by atoms with E-state index in [1.807, 2.05) is 0 Å². The van der Waals surface area contributed by atoms with Crippen LogP contribution in [0.4, 0.5) is 0 Å². The van der Waals surface area contributed by atoms with Crippen molar-refractivity contribution in [2.75, 3.05) is 0 Å². The Hall–Kier alpha value is -0.453. The summed E-state index contributed by atoms with van der Waals surface area (Å²) in [6.45, 7) is 22.7. The second-order valence-electron chi connectivity index (χ2n) is 13.4. The molecule has 9 atom stereocenters. The summed E-state index contributed by atoms with van der Waals surface area (Å²) < 4.78 is 7.07. The van der Waals surface area contributed by atoms with Gasteiger partial charge in [-0.3, -0.25) is 4.79 Å². The Morgan fingerprint density at radius 3 is 2.33 bits per heavy atom. The van der Waals surface area contributed by atoms with Gasteiger partial charge in [-0.25, -0.2) is 0 Å². The Kier molecular flexibility index (Phi) is 4.96. The van der Waals surface area contributed by atoms with Gasteiger partial charge in [0.05, 0.1) is 17.6 Å². The number of rotatable bonds is 2. The lowest BCUT2D eigenvalue weighted by molar-refractivity contribution is -0.138. The molecule has 0 aromatic heterocycles. The van der Waals surface area contributed by atoms with Gasteiger partial charge in [-0.1, -0.05) is 60.1 Å². The molecule has 0 amide bonds. The largest absolute Gasteiger partial charge is 0.413 e. The van der Waals surface area contributed by atoms with Crippen LogP contribution in [0.2, 0.25) is 18.1 Å². The maximum absolute atomic E-state index is 14.5. The van der Waals surface area contributed by atoms with E-state index in [-0.39, 0.29) is 40.2 Å². The van der Waals surface area contributed by atoms with Gasteiger partial charge < -0.3 is 9.53 Å². The summed E-state index contributed by atoms with van der Waals surface area (Å²) in [5, 5.41) is 11.7. The molecule has 3 nitrogen and oxygen atoms in total. The number of hydrogen-bond acceptors (Lipinski definition) is 3. The Labute approximate surface area is 185 Å². The van der Waals surface area contributed by atoms with Gasteiger partial charge in [0.15, 0.2) is 8.32 Å². The molecule has 0 aromatic rings. The fourth-order valence-electron chi connectivity index (χ4n) is 7.41. The van der Waals surface area contributed by atoms with Crippen molar-refractivity contribution in [3.8, 4) is 0 Å². The SMILES string of the molecule is CC1=C[C@]23C(=O)[C@@H]([C@H](O[Si](C)(C)C(C)(C)C)[C@H](C)[C@@H](O)[C@@H]2C1)[C@@H]1[C@@H](C[C@H]3C)C1(C)C. The van der Waals surface area contributed by atoms with Gasteiger partial charge in [-0.2, -0.15) is 0 Å². The lowest BCUT2D eigenvalue weighted by Crippen LogP contribution is -2.51. The van der Waals surface area contributed by atoms with Crippen molar-refractivity contribution in [1.82, 2.24) is 0 Å². The van der Waals surface area contributed by atoms with Crippen molar-refractivity contribution in [2.24, 2.45) is 46.3 Å². The first-order chi connectivity index (χ1) is 13.6. The zero-order chi connectivity index (χ0) is 22.6. The Bertz CT molecular complexity index is 776. The van der Waals surface area contributed by atoms with Crippen molar-refractivity contribution in [3.05, 3.63) is 11.6 Å². The van der Waals surface area contributed by atoms with Gasteiger partial charge >= 0.3 is 0 Å². The molecule has 1 N–H and O–H groups in total. The summed E-state index contributed by atoms with van der Waals surface area (Å²) in [6, 6.07) is 0. The van der Waals surface area contributed by atoms with Crippen molar-refractivity contribution in [1.29, 1.82) is 0 Å². The molecule has 0 unspecified atom stereocenters. The Morgan fingerprint density at radius 1 is 1.17 bits per heavy atom. The number of fused-ring (bicyclic) bond motifs is 3. The molecule has 0 aliphatic heterocycles. The fourth-order valence-corrected chi connectivity index (χ4v) is 8.81. The van der Waals surface area contributed by atoms with Gasteiger partial charge in [-0.15, -0.1) is 0 Å². The third kappa shape index (κ3) is 2.85. The molecular weight excluding hydrogens is 388 g/mol. The summed E-state index contributed by atoms with van der Waals surface area (Å²) in [5.74, 6) is 1.52. The van der Waals surface area contributed by atoms with Gasteiger partial charge in [0, 0.05) is 17.8 Å². The number of Topliss-reactive ketones (excluding diaryl/α,β-unsaturated/α-hetero) is 1. The highest BCUT2D eigenvalue weighted by molar-refractivity contribution is 6.74. The van der Waals surface area contributed by atoms with E-state index in [2.05, 4.69) is 74.6 Å². The van der Waals surface area contributed by atoms with Crippen LogP contribution >= 0.6 is 0 Å². The first-order valence-corrected chi connectivity index (χ1v) is 15.1. The highest BCUT2D eigenvalue weighted by Crippen LogP contribution is 2.72. The van der Waals surface area contributed by atoms with Gasteiger partial charge in [0.1, 0.15) is 5.78 Å². The van der Waals surface area contributed by atoms with Crippen LogP contribution < -0.4 is 0 Å². The quantitative estimate of drug-likeness (QED) is 0.440. The van der Waals surface area contributed by atoms with E-state index in [4.69, 9.17) is 4.43 Å². The zero-order valence-corrected chi connectivity index (χ0v) is 21.9. The molecule has 170 valence electrons. The van der Waals surface area contributed by atoms with Crippen LogP contribution in [-0.4, -0.2) is 31.4 Å². The van der Waals surface area contributed by atoms with E-state index >= 15 is 0 Å². The van der Waals surface area contributed by atoms with Crippen molar-refractivity contribution in [2.45, 2.75) is 98.6 Å². The lowest BCUT2D eigenvalue weighted by atomic mass is 9.62. The van der Waals surface area contributed by atoms with Crippen molar-refractivity contribution >= 4 is 14.1 Å². The number of allylic oxidation sites excluding steroid dienone is 2. The van der Waals surface area contributed by atoms with Gasteiger partial charge in [-0.05, 0) is 61.1 Å². The van der Waals surface area contributed by atoms with Crippen LogP contribution in [0.15, 0.2) is 11.6 Å². The smallest absolute Gasteiger partial charge is 0.192 e. The minimum atomic E-state index is -2.09. The molecule has 2 bridgehead atoms. The zero-order valence-electron chi connectivity index (χ0n) is 20.9. The topological polar surface area (TPSA) is 46.5 Å². The highest BCUT2D eigenvalue weighted by atomic mass is 28.4. The van der Waals surface area contributed by atoms with E-state index in [0.717, 1.165) is 12.8 Å². The molecule has 4 aliphatic carbocycles. The minimum Gasteiger partial charge on any atom is -0.413 e. The standard InChI is InChI=1S/C26H44O3Si/c1-14-11-18-21(27)16(3)22(29-30(9,10)24(4,5)6)19-20-17(25(20,7)8)12-15(2)26(18,13-14)23(19)28/h13,15-22,27H,11-12H2,1-10H3/t15-,16-,17-,18+,19-,20+,21-,22-,26-/m1/s1. The third-order valence-electron chi connectivity index (χ3n) is 10.4. The number of ketones is 1. The first kappa shape index (κ1) is 22.7. The van der Waals surface area contributed by atoms with Gasteiger partial charge in [0.2, 0.25) is 0 Å². The van der Waals surface area contributed by atoms with Crippen molar-refractivity contribution < 1.29 is 14.3 Å². The fraction of sp³-hybridized carbons (Fsp3) is 0.885. The number of carbonyl (C=O) groups is 1. The third-order valence-corrected chi connectivity index (χ3v) is 14.9. The van der Waals surface area contributed by atoms with E-state index in [9.17, 15) is 9.90 Å². The molecule has 3 fully saturated rings. The summed E-state index contributed by atoms with van der Waals surface area (Å²) in [6.07, 6.45) is 3.54. The number of hydrogen-bond donors (Lipinski definition) is 1. The second-order valence-corrected chi connectivity index (χ2v) is 18.2. The normalized spacial score (nSPS) is 47.7. The van der Waals surface area contributed by atoms with E-state index in [0.29, 0.717) is 17.6 Å². The lowest BCUT2D eigenvalue weighted by Gasteiger charge is -2.43. The number of aliphatic hydroxyl groups is 1. The molecule has 3 saturated carbocycles. The van der Waals surface area contributed by atoms with E-state index < -0.39 is 19.8 Å². The Balaban J connectivity index is 1.87. The summed E-state index contributed by atoms with van der Waals surface area (Å²) >= 11 is 0. The molecule has 4 heteroatoms. The predicted octanol–water partition coefficient (Wildman–Crippen LogP) is 5.84. The first-order valence-electron chi connectivity index (χ1n) is 12.2. The molecule has 4 aliphatic rings. The minimum absolute atomic E-state index is 0.00567. The molecule has 1 spiro atoms. The van der Waals surface area contributed by atoms with Crippen LogP contribution in [-0.2, 0) is 9.22 Å². The molecule has 0 heterocycles. The van der Waals surface area contributed by atoms with Crippen LogP contribution in [0.3, 0.4) is 0 Å². The van der Waals surface area contributed by atoms with Gasteiger partial charge in [0.25, 0.3) is 0 Å². The molecule has 0 radical (unpaired) electrons. The number of carbonyl (C=O) groups excluding carboxylic acids is 1. The van der Waals surface area contributed by atoms with Crippen LogP contribution in [0, 0.1) is 46.3 Å². The summed E-state index contributed by atoms with van der Waals surface area (Å²) in [4.78, 5) is 14.5. The second kappa shape index (κ2) is 6.54. The maximum atomic E-state index is 14.5. The summed E-state index contributed by atoms with van der Waals surface area (Å²) in [7, 11) is -2.09. The van der Waals surface area contributed by atoms with E-state index in [1.54, 1.807) is 0 Å². The predicted molar refractivity (Wildman–Crippen MR) is 125 cm³/mol. The maximum Gasteiger partial charge on any atom is 0.192 e. The monoisotopic (exact) mass is 432 g/mol. The highest BCUT2D eigenvalue weighted by Gasteiger charge is 2.72. The molecule has 4 rings (SSSR count). The van der Waals surface area contributed by atoms with E-state index in [1.165, 1.54) is 5.57 Å². The average Bonchev–Trinajstić information content (AvgIpc) is 2.98. The molecule has 30 heavy (non-hydrogen) atoms. The van der Waals surface area contributed by atoms with Crippen molar-refractivity contribution in [3.63, 3.8) is 0 Å². The van der Waals surface area contributed by atoms with Crippen LogP contribution in [0.5, 0.6) is 0 Å². The molecule has 0 aromatic carbocycles. The van der Waals surface area contributed by atoms with Crippen LogP contribution in [0.25, 0.3) is 0 Å². The average molecular weight is 433 g/mol. The molecular formula is C26H44O3Si. The summed E-state index contributed by atoms with van der Waals surface area (Å²) in [5.41, 5.74) is 0.966. The molecule has 0 saturated heterocycles. The van der Waals surface area contributed by atoms with Crippen LogP contribution in [0.1, 0.15) is 68.2 Å².